The van der Waals surface area contributed by atoms with Crippen molar-refractivity contribution in [3.8, 4) is 23.3 Å². The molecule has 1 N–H and O–H groups in total. The molecule has 6 nitrogen and oxygen atoms in total. The molecule has 0 bridgehead atoms. The third kappa shape index (κ3) is 2.70. The summed E-state index contributed by atoms with van der Waals surface area (Å²) in [6.07, 6.45) is 5.22. The van der Waals surface area contributed by atoms with Crippen molar-refractivity contribution < 1.29 is 14.6 Å². The number of terminal acetylenes is 1. The molecule has 0 aliphatic carbocycles. The predicted molar refractivity (Wildman–Crippen MR) is 71.7 cm³/mol. The van der Waals surface area contributed by atoms with Crippen LogP contribution in [0.25, 0.3) is 10.3 Å². The molecule has 2 aromatic rings. The van der Waals surface area contributed by atoms with Gasteiger partial charge in [0.15, 0.2) is 5.65 Å². The van der Waals surface area contributed by atoms with E-state index in [2.05, 4.69) is 10.9 Å². The molecule has 100 valence electrons. The zero-order valence-corrected chi connectivity index (χ0v) is 11.1. The number of rotatable bonds is 5. The highest BCUT2D eigenvalue weighted by Crippen LogP contribution is 2.32. The first-order chi connectivity index (χ1) is 9.17. The zero-order valence-electron chi connectivity index (χ0n) is 10.3. The Morgan fingerprint density at radius 1 is 1.58 bits per heavy atom. The van der Waals surface area contributed by atoms with Gasteiger partial charge in [-0.3, -0.25) is 9.36 Å². The average Bonchev–Trinajstić information content (AvgIpc) is 2.79. The van der Waals surface area contributed by atoms with Crippen molar-refractivity contribution in [1.82, 2.24) is 9.55 Å². The Morgan fingerprint density at radius 2 is 2.37 bits per heavy atom. The lowest BCUT2D eigenvalue weighted by molar-refractivity contribution is 0.146. The van der Waals surface area contributed by atoms with Crippen molar-refractivity contribution in [2.75, 3.05) is 20.3 Å². The molecule has 0 saturated heterocycles. The fourth-order valence-electron chi connectivity index (χ4n) is 1.53. The maximum Gasteiger partial charge on any atom is 0.276 e. The highest BCUT2D eigenvalue weighted by molar-refractivity contribution is 7.20. The van der Waals surface area contributed by atoms with Crippen LogP contribution in [0, 0.1) is 12.3 Å². The molecule has 0 unspecified atom stereocenters. The molecule has 0 fully saturated rings. The molecule has 0 aliphatic heterocycles. The second-order valence-electron chi connectivity index (χ2n) is 3.63. The number of hydrogen-bond donors (Lipinski definition) is 1. The fraction of sp³-hybridized carbons (Fsp3) is 0.333. The highest BCUT2D eigenvalue weighted by atomic mass is 32.1. The Hall–Kier alpha value is -2.04. The molecule has 0 spiro atoms. The van der Waals surface area contributed by atoms with E-state index < -0.39 is 5.56 Å². The number of nitrogens with zero attached hydrogens (tertiary/aromatic N) is 2. The summed E-state index contributed by atoms with van der Waals surface area (Å²) in [7, 11) is 1.57. The molecule has 19 heavy (non-hydrogen) atoms. The minimum absolute atomic E-state index is 0.0941. The minimum Gasteiger partial charge on any atom is -0.506 e. The molecule has 0 saturated carbocycles. The summed E-state index contributed by atoms with van der Waals surface area (Å²) in [5.74, 6) is 2.26. The van der Waals surface area contributed by atoms with E-state index >= 15 is 0 Å². The lowest BCUT2D eigenvalue weighted by Gasteiger charge is -2.02. The van der Waals surface area contributed by atoms with Gasteiger partial charge in [-0.2, -0.15) is 4.98 Å². The van der Waals surface area contributed by atoms with Crippen LogP contribution >= 0.6 is 11.3 Å². The Balaban J connectivity index is 2.45. The van der Waals surface area contributed by atoms with Crippen LogP contribution in [0.1, 0.15) is 0 Å². The van der Waals surface area contributed by atoms with Crippen LogP contribution in [0.15, 0.2) is 10.9 Å². The molecule has 0 amide bonds. The third-order valence-electron chi connectivity index (χ3n) is 2.37. The van der Waals surface area contributed by atoms with E-state index in [1.165, 1.54) is 4.57 Å². The Kier molecular flexibility index (Phi) is 4.04. The van der Waals surface area contributed by atoms with Gasteiger partial charge in [-0.05, 0) is 0 Å². The minimum atomic E-state index is -0.392. The number of methoxy groups -OCH3 is 1. The Morgan fingerprint density at radius 3 is 3.05 bits per heavy atom. The fourth-order valence-corrected chi connectivity index (χ4v) is 2.39. The van der Waals surface area contributed by atoms with Crippen LogP contribution in [0.5, 0.6) is 10.9 Å². The molecule has 2 rings (SSSR count). The normalized spacial score (nSPS) is 10.5. The first-order valence-corrected chi connectivity index (χ1v) is 6.27. The maximum absolute atomic E-state index is 11.7. The van der Waals surface area contributed by atoms with Crippen LogP contribution < -0.4 is 10.3 Å². The van der Waals surface area contributed by atoms with E-state index in [0.717, 1.165) is 17.4 Å². The van der Waals surface area contributed by atoms with Gasteiger partial charge in [0.05, 0.1) is 13.2 Å². The van der Waals surface area contributed by atoms with Crippen LogP contribution in [0.2, 0.25) is 0 Å². The predicted octanol–water partition coefficient (Wildman–Crippen LogP) is 0.822. The topological polar surface area (TPSA) is 73.6 Å². The molecular formula is C12H12N2O4S. The lowest BCUT2D eigenvalue weighted by atomic mass is 10.4. The van der Waals surface area contributed by atoms with Crippen LogP contribution in [0.3, 0.4) is 0 Å². The molecule has 0 aromatic carbocycles. The van der Waals surface area contributed by atoms with Crippen LogP contribution in [-0.4, -0.2) is 35.0 Å². The molecule has 0 radical (unpaired) electrons. The molecule has 0 atom stereocenters. The number of fused-ring (bicyclic) bond motifs is 1. The van der Waals surface area contributed by atoms with Gasteiger partial charge >= 0.3 is 0 Å². The van der Waals surface area contributed by atoms with Gasteiger partial charge in [-0.15, -0.1) is 6.42 Å². The number of pyridine rings is 1. The van der Waals surface area contributed by atoms with Gasteiger partial charge in [0.25, 0.3) is 10.8 Å². The van der Waals surface area contributed by atoms with Crippen LogP contribution in [0.4, 0.5) is 0 Å². The second-order valence-corrected chi connectivity index (χ2v) is 4.59. The monoisotopic (exact) mass is 280 g/mol. The third-order valence-corrected chi connectivity index (χ3v) is 3.35. The number of aromatic nitrogens is 2. The van der Waals surface area contributed by atoms with Gasteiger partial charge in [-0.1, -0.05) is 17.3 Å². The van der Waals surface area contributed by atoms with E-state index in [0.29, 0.717) is 28.8 Å². The quantitative estimate of drug-likeness (QED) is 0.648. The molecule has 0 aliphatic rings. The van der Waals surface area contributed by atoms with E-state index in [1.54, 1.807) is 7.11 Å². The number of hydrogen-bond acceptors (Lipinski definition) is 6. The average molecular weight is 280 g/mol. The molecule has 2 heterocycles. The maximum atomic E-state index is 11.7. The Labute approximate surface area is 113 Å². The number of ether oxygens (including phenoxy) is 2. The van der Waals surface area contributed by atoms with Crippen molar-refractivity contribution in [3.63, 3.8) is 0 Å². The molecular weight excluding hydrogens is 268 g/mol. The summed E-state index contributed by atoms with van der Waals surface area (Å²) in [6.45, 7) is 0.867. The summed E-state index contributed by atoms with van der Waals surface area (Å²) in [5.41, 5.74) is -0.0583. The summed E-state index contributed by atoms with van der Waals surface area (Å²) in [6, 6.07) is 1.12. The standard InChI is InChI=1S/C12H12N2O4S/c1-3-4-14-9(16)7-8(15)10-11(14)13-12(19-10)18-6-5-17-2/h1,7,15H,4-6H2,2H3. The van der Waals surface area contributed by atoms with E-state index in [1.807, 2.05) is 0 Å². The smallest absolute Gasteiger partial charge is 0.276 e. The van der Waals surface area contributed by atoms with Gasteiger partial charge in [0.2, 0.25) is 0 Å². The molecule has 7 heteroatoms. The zero-order chi connectivity index (χ0) is 13.8. The Bertz CT molecular complexity index is 683. The van der Waals surface area contributed by atoms with E-state index in [4.69, 9.17) is 15.9 Å². The number of thiazole rings is 1. The summed E-state index contributed by atoms with van der Waals surface area (Å²) in [5, 5.41) is 10.1. The second kappa shape index (κ2) is 5.73. The van der Waals surface area contributed by atoms with Gasteiger partial charge in [0, 0.05) is 13.2 Å². The summed E-state index contributed by atoms with van der Waals surface area (Å²) in [4.78, 5) is 15.9. The van der Waals surface area contributed by atoms with Crippen molar-refractivity contribution in [3.05, 3.63) is 16.4 Å². The SMILES string of the molecule is C#CCn1c(=O)cc(O)c2sc(OCCOC)nc21. The highest BCUT2D eigenvalue weighted by Gasteiger charge is 2.14. The number of aromatic hydroxyl groups is 1. The van der Waals surface area contributed by atoms with Gasteiger partial charge in [0.1, 0.15) is 17.1 Å². The van der Waals surface area contributed by atoms with E-state index in [9.17, 15) is 9.90 Å². The van der Waals surface area contributed by atoms with Crippen molar-refractivity contribution >= 4 is 21.7 Å². The first kappa shape index (κ1) is 13.4. The van der Waals surface area contributed by atoms with E-state index in [-0.39, 0.29) is 12.3 Å². The van der Waals surface area contributed by atoms with Gasteiger partial charge in [-0.25, -0.2) is 0 Å². The van der Waals surface area contributed by atoms with Crippen molar-refractivity contribution in [2.45, 2.75) is 6.54 Å². The van der Waals surface area contributed by atoms with Crippen molar-refractivity contribution in [2.24, 2.45) is 0 Å². The first-order valence-electron chi connectivity index (χ1n) is 5.46. The molecule has 2 aromatic heterocycles. The van der Waals surface area contributed by atoms with Crippen LogP contribution in [-0.2, 0) is 11.3 Å². The largest absolute Gasteiger partial charge is 0.506 e. The summed E-state index contributed by atoms with van der Waals surface area (Å²) >= 11 is 1.16. The lowest BCUT2D eigenvalue weighted by Crippen LogP contribution is -2.18. The van der Waals surface area contributed by atoms with Gasteiger partial charge < -0.3 is 14.6 Å². The summed E-state index contributed by atoms with van der Waals surface area (Å²) < 4.78 is 12.0. The van der Waals surface area contributed by atoms with Crippen molar-refractivity contribution in [1.29, 1.82) is 0 Å².